The molecule has 1 N–H and O–H groups in total. The number of halogens is 3. The Morgan fingerprint density at radius 1 is 1.29 bits per heavy atom. The molecule has 1 aromatic rings. The van der Waals surface area contributed by atoms with E-state index in [9.17, 15) is 22.8 Å². The third kappa shape index (κ3) is 5.66. The van der Waals surface area contributed by atoms with Crippen LogP contribution in [-0.4, -0.2) is 40.5 Å². The predicted molar refractivity (Wildman–Crippen MR) is 72.2 cm³/mol. The van der Waals surface area contributed by atoms with E-state index in [0.29, 0.717) is 0 Å². The topological polar surface area (TPSA) is 57.6 Å². The van der Waals surface area contributed by atoms with Crippen molar-refractivity contribution in [2.75, 3.05) is 13.1 Å². The van der Waals surface area contributed by atoms with Crippen LogP contribution in [0.15, 0.2) is 29.2 Å². The van der Waals surface area contributed by atoms with Crippen LogP contribution in [0.2, 0.25) is 0 Å². The molecule has 0 bridgehead atoms. The lowest BCUT2D eigenvalue weighted by Gasteiger charge is -2.21. The summed E-state index contributed by atoms with van der Waals surface area (Å²) in [5.41, 5.74) is -4.57. The summed E-state index contributed by atoms with van der Waals surface area (Å²) < 4.78 is 37.4. The van der Waals surface area contributed by atoms with Crippen LogP contribution in [0.1, 0.15) is 23.7 Å². The predicted octanol–water partition coefficient (Wildman–Crippen LogP) is 3.24. The largest absolute Gasteiger partial charge is 0.481 e. The molecular weight excluding hydrogens is 307 g/mol. The summed E-state index contributed by atoms with van der Waals surface area (Å²) in [6.07, 6.45) is -0.256. The lowest BCUT2D eigenvalue weighted by Crippen LogP contribution is -2.33. The first-order valence-corrected chi connectivity index (χ1v) is 6.92. The van der Waals surface area contributed by atoms with E-state index in [1.165, 1.54) is 29.2 Å². The van der Waals surface area contributed by atoms with Gasteiger partial charge in [-0.15, -0.1) is 0 Å². The van der Waals surface area contributed by atoms with Crippen molar-refractivity contribution in [2.24, 2.45) is 0 Å². The van der Waals surface area contributed by atoms with E-state index in [0.717, 1.165) is 0 Å². The Balaban J connectivity index is 2.97. The molecule has 0 fully saturated rings. The Morgan fingerprint density at radius 3 is 2.43 bits per heavy atom. The van der Waals surface area contributed by atoms with Crippen LogP contribution in [0.25, 0.3) is 0 Å². The van der Waals surface area contributed by atoms with Crippen molar-refractivity contribution in [3.05, 3.63) is 29.8 Å². The molecule has 21 heavy (non-hydrogen) atoms. The molecule has 0 aromatic heterocycles. The third-order valence-corrected chi connectivity index (χ3v) is 3.42. The van der Waals surface area contributed by atoms with Gasteiger partial charge >= 0.3 is 11.5 Å². The molecule has 1 rings (SSSR count). The number of carbonyl (C=O) groups is 2. The van der Waals surface area contributed by atoms with E-state index in [-0.39, 0.29) is 41.7 Å². The molecule has 4 nitrogen and oxygen atoms in total. The molecule has 0 saturated carbocycles. The Morgan fingerprint density at radius 2 is 1.90 bits per heavy atom. The first-order valence-electron chi connectivity index (χ1n) is 6.10. The fourth-order valence-corrected chi connectivity index (χ4v) is 2.32. The van der Waals surface area contributed by atoms with Crippen molar-refractivity contribution in [2.45, 2.75) is 23.7 Å². The number of carbonyl (C=O) groups excluding carboxylic acids is 1. The van der Waals surface area contributed by atoms with Crippen LogP contribution < -0.4 is 0 Å². The van der Waals surface area contributed by atoms with E-state index in [1.54, 1.807) is 6.92 Å². The Labute approximate surface area is 123 Å². The van der Waals surface area contributed by atoms with Gasteiger partial charge < -0.3 is 10.0 Å². The maximum absolute atomic E-state index is 12.5. The van der Waals surface area contributed by atoms with Gasteiger partial charge in [0.15, 0.2) is 0 Å². The fourth-order valence-electron chi connectivity index (χ4n) is 1.66. The lowest BCUT2D eigenvalue weighted by molar-refractivity contribution is -0.137. The molecule has 0 aliphatic carbocycles. The molecule has 0 saturated heterocycles. The first kappa shape index (κ1) is 17.4. The molecule has 116 valence electrons. The Bertz CT molecular complexity index is 520. The van der Waals surface area contributed by atoms with Crippen LogP contribution in [-0.2, 0) is 4.79 Å². The molecule has 0 heterocycles. The summed E-state index contributed by atoms with van der Waals surface area (Å²) in [5, 5.41) is 8.63. The number of hydrogen-bond donors (Lipinski definition) is 1. The van der Waals surface area contributed by atoms with Crippen molar-refractivity contribution in [3.63, 3.8) is 0 Å². The highest BCUT2D eigenvalue weighted by molar-refractivity contribution is 8.00. The standard InChI is InChI=1S/C13H14F3NO3S/c1-2-17(8-7-11(18)19)12(20)9-5-3-4-6-10(9)21-13(14,15)16/h3-6H,2,7-8H2,1H3,(H,18,19). The van der Waals surface area contributed by atoms with E-state index < -0.39 is 17.4 Å². The van der Waals surface area contributed by atoms with Gasteiger partial charge in [0, 0.05) is 18.0 Å². The Kier molecular flexibility index (Phi) is 6.07. The number of benzene rings is 1. The van der Waals surface area contributed by atoms with Gasteiger partial charge in [0.25, 0.3) is 5.91 Å². The highest BCUT2D eigenvalue weighted by Gasteiger charge is 2.31. The molecule has 0 aliphatic rings. The highest BCUT2D eigenvalue weighted by Crippen LogP contribution is 2.38. The zero-order valence-corrected chi connectivity index (χ0v) is 12.0. The second-order valence-electron chi connectivity index (χ2n) is 4.07. The summed E-state index contributed by atoms with van der Waals surface area (Å²) in [5.74, 6) is -1.68. The number of nitrogens with zero attached hydrogens (tertiary/aromatic N) is 1. The minimum Gasteiger partial charge on any atom is -0.481 e. The quantitative estimate of drug-likeness (QED) is 0.817. The fraction of sp³-hybridized carbons (Fsp3) is 0.385. The smallest absolute Gasteiger partial charge is 0.446 e. The van der Waals surface area contributed by atoms with Crippen molar-refractivity contribution >= 4 is 23.6 Å². The number of rotatable bonds is 6. The minimum atomic E-state index is -4.49. The van der Waals surface area contributed by atoms with E-state index >= 15 is 0 Å². The maximum atomic E-state index is 12.5. The average Bonchev–Trinajstić information content (AvgIpc) is 2.37. The van der Waals surface area contributed by atoms with Gasteiger partial charge in [-0.05, 0) is 30.8 Å². The molecule has 1 aromatic carbocycles. The van der Waals surface area contributed by atoms with Crippen molar-refractivity contribution in [1.82, 2.24) is 4.90 Å². The average molecular weight is 321 g/mol. The number of aliphatic carboxylic acids is 1. The van der Waals surface area contributed by atoms with Crippen molar-refractivity contribution in [3.8, 4) is 0 Å². The number of thioether (sulfide) groups is 1. The van der Waals surface area contributed by atoms with Crippen LogP contribution in [0, 0.1) is 0 Å². The van der Waals surface area contributed by atoms with Gasteiger partial charge in [0.2, 0.25) is 0 Å². The molecule has 0 unspecified atom stereocenters. The first-order chi connectivity index (χ1) is 9.74. The molecule has 8 heteroatoms. The van der Waals surface area contributed by atoms with Crippen LogP contribution >= 0.6 is 11.8 Å². The summed E-state index contributed by atoms with van der Waals surface area (Å²) in [6.45, 7) is 1.81. The van der Waals surface area contributed by atoms with E-state index in [4.69, 9.17) is 5.11 Å². The maximum Gasteiger partial charge on any atom is 0.446 e. The highest BCUT2D eigenvalue weighted by atomic mass is 32.2. The molecule has 0 radical (unpaired) electrons. The zero-order chi connectivity index (χ0) is 16.0. The van der Waals surface area contributed by atoms with Gasteiger partial charge in [0.1, 0.15) is 0 Å². The monoisotopic (exact) mass is 321 g/mol. The summed E-state index contributed by atoms with van der Waals surface area (Å²) in [7, 11) is 0. The van der Waals surface area contributed by atoms with E-state index in [1.807, 2.05) is 0 Å². The van der Waals surface area contributed by atoms with E-state index in [2.05, 4.69) is 0 Å². The molecular formula is C13H14F3NO3S. The van der Waals surface area contributed by atoms with Gasteiger partial charge in [-0.2, -0.15) is 13.2 Å². The Hall–Kier alpha value is -1.70. The van der Waals surface area contributed by atoms with Crippen LogP contribution in [0.3, 0.4) is 0 Å². The lowest BCUT2D eigenvalue weighted by atomic mass is 10.2. The third-order valence-electron chi connectivity index (χ3n) is 2.61. The summed E-state index contributed by atoms with van der Waals surface area (Å²) in [6, 6.07) is 5.41. The van der Waals surface area contributed by atoms with Gasteiger partial charge in [-0.25, -0.2) is 0 Å². The van der Waals surface area contributed by atoms with Gasteiger partial charge in [-0.3, -0.25) is 9.59 Å². The number of alkyl halides is 3. The summed E-state index contributed by atoms with van der Waals surface area (Å²) >= 11 is -0.356. The van der Waals surface area contributed by atoms with Crippen molar-refractivity contribution in [1.29, 1.82) is 0 Å². The number of amides is 1. The molecule has 1 amide bonds. The van der Waals surface area contributed by atoms with Crippen LogP contribution in [0.4, 0.5) is 13.2 Å². The zero-order valence-electron chi connectivity index (χ0n) is 11.2. The summed E-state index contributed by atoms with van der Waals surface area (Å²) in [4.78, 5) is 23.8. The number of carboxylic acid groups (broad SMARTS) is 1. The second-order valence-corrected chi connectivity index (χ2v) is 5.18. The molecule has 0 atom stereocenters. The normalized spacial score (nSPS) is 11.2. The van der Waals surface area contributed by atoms with Crippen LogP contribution in [0.5, 0.6) is 0 Å². The number of hydrogen-bond acceptors (Lipinski definition) is 3. The van der Waals surface area contributed by atoms with Crippen molar-refractivity contribution < 1.29 is 27.9 Å². The molecule has 0 spiro atoms. The number of carboxylic acids is 1. The minimum absolute atomic E-state index is 0.0459. The SMILES string of the molecule is CCN(CCC(=O)O)C(=O)c1ccccc1SC(F)(F)F. The van der Waals surface area contributed by atoms with Gasteiger partial charge in [0.05, 0.1) is 12.0 Å². The van der Waals surface area contributed by atoms with Gasteiger partial charge in [-0.1, -0.05) is 12.1 Å². The molecule has 0 aliphatic heterocycles. The second kappa shape index (κ2) is 7.35.